The highest BCUT2D eigenvalue weighted by molar-refractivity contribution is 5.75. The first kappa shape index (κ1) is 15.7. The van der Waals surface area contributed by atoms with Gasteiger partial charge in [0.2, 0.25) is 0 Å². The molecule has 0 aromatic rings. The van der Waals surface area contributed by atoms with Crippen molar-refractivity contribution in [2.24, 2.45) is 5.41 Å². The number of hydrogen-bond acceptors (Lipinski definition) is 4. The highest BCUT2D eigenvalue weighted by Crippen LogP contribution is 2.31. The number of carboxylic acids is 1. The van der Waals surface area contributed by atoms with Gasteiger partial charge in [-0.3, -0.25) is 14.6 Å². The fourth-order valence-electron chi connectivity index (χ4n) is 3.22. The maximum absolute atomic E-state index is 11.7. The van der Waals surface area contributed by atoms with Crippen molar-refractivity contribution < 1.29 is 14.6 Å². The number of nitrogens with zero attached hydrogens (tertiary/aromatic N) is 2. The third-order valence-electron chi connectivity index (χ3n) is 4.62. The number of piperazine rings is 1. The van der Waals surface area contributed by atoms with Gasteiger partial charge in [0.25, 0.3) is 0 Å². The topological polar surface area (TPSA) is 53.0 Å². The summed E-state index contributed by atoms with van der Waals surface area (Å²) in [6, 6.07) is 0. The molecule has 0 bridgehead atoms. The van der Waals surface area contributed by atoms with Gasteiger partial charge in [0.05, 0.1) is 6.61 Å². The Labute approximate surface area is 121 Å². The molecule has 0 saturated carbocycles. The van der Waals surface area contributed by atoms with Crippen LogP contribution in [0.15, 0.2) is 0 Å². The van der Waals surface area contributed by atoms with Crippen molar-refractivity contribution in [1.82, 2.24) is 9.80 Å². The lowest BCUT2D eigenvalue weighted by atomic mass is 9.82. The van der Waals surface area contributed by atoms with E-state index in [0.717, 1.165) is 39.0 Å². The first-order valence-corrected chi connectivity index (χ1v) is 7.62. The fraction of sp³-hybridized carbons (Fsp3) is 0.933. The summed E-state index contributed by atoms with van der Waals surface area (Å²) in [5.74, 6) is -0.699. The average Bonchev–Trinajstić information content (AvgIpc) is 2.39. The van der Waals surface area contributed by atoms with Crippen molar-refractivity contribution >= 4 is 5.97 Å². The van der Waals surface area contributed by atoms with Crippen LogP contribution in [-0.2, 0) is 9.53 Å². The first-order valence-electron chi connectivity index (χ1n) is 7.62. The van der Waals surface area contributed by atoms with Crippen molar-refractivity contribution in [3.63, 3.8) is 0 Å². The van der Waals surface area contributed by atoms with Crippen LogP contribution in [0.4, 0.5) is 0 Å². The van der Waals surface area contributed by atoms with Gasteiger partial charge in [-0.05, 0) is 33.6 Å². The van der Waals surface area contributed by atoms with E-state index in [1.807, 2.05) is 0 Å². The van der Waals surface area contributed by atoms with Gasteiger partial charge in [0.1, 0.15) is 5.41 Å². The maximum atomic E-state index is 11.7. The third kappa shape index (κ3) is 3.51. The Morgan fingerprint density at radius 3 is 2.35 bits per heavy atom. The van der Waals surface area contributed by atoms with Crippen LogP contribution in [0.5, 0.6) is 0 Å². The summed E-state index contributed by atoms with van der Waals surface area (Å²) in [5, 5.41) is 9.58. The molecule has 2 aliphatic rings. The maximum Gasteiger partial charge on any atom is 0.313 e. The number of rotatable bonds is 3. The predicted molar refractivity (Wildman–Crippen MR) is 77.9 cm³/mol. The summed E-state index contributed by atoms with van der Waals surface area (Å²) in [5.41, 5.74) is -0.493. The van der Waals surface area contributed by atoms with Gasteiger partial charge in [-0.25, -0.2) is 0 Å². The minimum absolute atomic E-state index is 0.199. The van der Waals surface area contributed by atoms with Crippen LogP contribution >= 0.6 is 0 Å². The van der Waals surface area contributed by atoms with Crippen molar-refractivity contribution in [3.8, 4) is 0 Å². The van der Waals surface area contributed by atoms with E-state index >= 15 is 0 Å². The minimum Gasteiger partial charge on any atom is -0.481 e. The van der Waals surface area contributed by atoms with E-state index < -0.39 is 11.4 Å². The summed E-state index contributed by atoms with van der Waals surface area (Å²) in [6.45, 7) is 12.3. The molecule has 2 saturated heterocycles. The van der Waals surface area contributed by atoms with Gasteiger partial charge < -0.3 is 9.84 Å². The molecule has 2 aliphatic heterocycles. The van der Waals surface area contributed by atoms with Crippen LogP contribution < -0.4 is 0 Å². The van der Waals surface area contributed by atoms with E-state index in [2.05, 4.69) is 30.6 Å². The van der Waals surface area contributed by atoms with Crippen LogP contribution in [0.3, 0.4) is 0 Å². The van der Waals surface area contributed by atoms with Crippen LogP contribution in [-0.4, -0.2) is 72.4 Å². The molecule has 0 aliphatic carbocycles. The molecule has 2 fully saturated rings. The summed E-state index contributed by atoms with van der Waals surface area (Å²) < 4.78 is 5.45. The van der Waals surface area contributed by atoms with Gasteiger partial charge in [-0.2, -0.15) is 0 Å². The molecule has 20 heavy (non-hydrogen) atoms. The normalized spacial score (nSPS) is 30.4. The Hall–Kier alpha value is -0.650. The van der Waals surface area contributed by atoms with E-state index in [9.17, 15) is 9.90 Å². The Kier molecular flexibility index (Phi) is 4.72. The number of carbonyl (C=O) groups is 1. The van der Waals surface area contributed by atoms with Gasteiger partial charge in [-0.1, -0.05) is 0 Å². The molecule has 0 aromatic heterocycles. The minimum atomic E-state index is -0.699. The summed E-state index contributed by atoms with van der Waals surface area (Å²) in [6.07, 6.45) is 1.59. The van der Waals surface area contributed by atoms with Crippen molar-refractivity contribution in [3.05, 3.63) is 0 Å². The summed E-state index contributed by atoms with van der Waals surface area (Å²) in [4.78, 5) is 16.4. The summed E-state index contributed by atoms with van der Waals surface area (Å²) in [7, 11) is 0. The predicted octanol–water partition coefficient (Wildman–Crippen LogP) is 1.28. The van der Waals surface area contributed by atoms with E-state index in [1.165, 1.54) is 0 Å². The number of ether oxygens (including phenoxy) is 1. The summed E-state index contributed by atoms with van der Waals surface area (Å²) >= 11 is 0. The molecule has 5 nitrogen and oxygen atoms in total. The van der Waals surface area contributed by atoms with Crippen LogP contribution in [0.1, 0.15) is 33.6 Å². The Morgan fingerprint density at radius 1 is 1.25 bits per heavy atom. The largest absolute Gasteiger partial charge is 0.481 e. The third-order valence-corrected chi connectivity index (χ3v) is 4.62. The van der Waals surface area contributed by atoms with Gasteiger partial charge in [0.15, 0.2) is 0 Å². The lowest BCUT2D eigenvalue weighted by Gasteiger charge is -2.45. The molecule has 5 heteroatoms. The lowest BCUT2D eigenvalue weighted by Crippen LogP contribution is -2.57. The second-order valence-corrected chi connectivity index (χ2v) is 7.18. The Bertz CT molecular complexity index is 338. The highest BCUT2D eigenvalue weighted by Gasteiger charge is 2.42. The van der Waals surface area contributed by atoms with Crippen LogP contribution in [0, 0.1) is 5.41 Å². The molecule has 1 N–H and O–H groups in total. The van der Waals surface area contributed by atoms with E-state index in [-0.39, 0.29) is 5.54 Å². The molecule has 0 radical (unpaired) electrons. The monoisotopic (exact) mass is 284 g/mol. The lowest BCUT2D eigenvalue weighted by molar-refractivity contribution is -0.160. The van der Waals surface area contributed by atoms with Crippen molar-refractivity contribution in [2.45, 2.75) is 39.2 Å². The van der Waals surface area contributed by atoms with Crippen LogP contribution in [0.25, 0.3) is 0 Å². The average molecular weight is 284 g/mol. The molecule has 2 heterocycles. The number of carboxylic acid groups (broad SMARTS) is 1. The van der Waals surface area contributed by atoms with Crippen molar-refractivity contribution in [2.75, 3.05) is 45.9 Å². The standard InChI is InChI=1S/C15H28N2O3/c1-14(2,3)17-8-6-16(7-9-17)11-15(13(18)19)5-4-10-20-12-15/h4-12H2,1-3H3,(H,18,19). The molecular formula is C15H28N2O3. The van der Waals surface area contributed by atoms with Gasteiger partial charge in [-0.15, -0.1) is 0 Å². The van der Waals surface area contributed by atoms with E-state index in [4.69, 9.17) is 4.74 Å². The molecule has 1 atom stereocenters. The van der Waals surface area contributed by atoms with Crippen molar-refractivity contribution in [1.29, 1.82) is 0 Å². The zero-order chi connectivity index (χ0) is 14.8. The second kappa shape index (κ2) is 6.00. The first-order chi connectivity index (χ1) is 9.33. The van der Waals surface area contributed by atoms with E-state index in [0.29, 0.717) is 19.8 Å². The highest BCUT2D eigenvalue weighted by atomic mass is 16.5. The quantitative estimate of drug-likeness (QED) is 0.846. The van der Waals surface area contributed by atoms with Crippen LogP contribution in [0.2, 0.25) is 0 Å². The molecular weight excluding hydrogens is 256 g/mol. The second-order valence-electron chi connectivity index (χ2n) is 7.18. The van der Waals surface area contributed by atoms with Gasteiger partial charge in [0, 0.05) is 44.9 Å². The van der Waals surface area contributed by atoms with E-state index in [1.54, 1.807) is 0 Å². The molecule has 1 unspecified atom stereocenters. The molecule has 0 aromatic carbocycles. The molecule has 2 rings (SSSR count). The Morgan fingerprint density at radius 2 is 1.90 bits per heavy atom. The smallest absolute Gasteiger partial charge is 0.313 e. The molecule has 0 amide bonds. The fourth-order valence-corrected chi connectivity index (χ4v) is 3.22. The van der Waals surface area contributed by atoms with Gasteiger partial charge >= 0.3 is 5.97 Å². The zero-order valence-electron chi connectivity index (χ0n) is 13.0. The zero-order valence-corrected chi connectivity index (χ0v) is 13.0. The SMILES string of the molecule is CC(C)(C)N1CCN(CC2(C(=O)O)CCCOC2)CC1. The Balaban J connectivity index is 1.92. The number of hydrogen-bond donors (Lipinski definition) is 1. The number of aliphatic carboxylic acids is 1. The molecule has 0 spiro atoms. The molecule has 116 valence electrons.